The summed E-state index contributed by atoms with van der Waals surface area (Å²) in [6.07, 6.45) is 4.82. The van der Waals surface area contributed by atoms with Crippen LogP contribution in [0.25, 0.3) is 0 Å². The number of amides is 1. The first-order valence-electron chi connectivity index (χ1n) is 11.1. The van der Waals surface area contributed by atoms with Gasteiger partial charge in [-0.05, 0) is 50.0 Å². The van der Waals surface area contributed by atoms with E-state index < -0.39 is 0 Å². The van der Waals surface area contributed by atoms with E-state index in [1.54, 1.807) is 12.1 Å². The molecule has 0 spiro atoms. The van der Waals surface area contributed by atoms with Crippen LogP contribution in [0.4, 0.5) is 10.2 Å². The van der Waals surface area contributed by atoms with Gasteiger partial charge in [0.2, 0.25) is 0 Å². The molecule has 2 N–H and O–H groups in total. The number of benzene rings is 1. The minimum absolute atomic E-state index is 0.00512. The quantitative estimate of drug-likeness (QED) is 0.675. The largest absolute Gasteiger partial charge is 0.379 e. The first-order chi connectivity index (χ1) is 15.1. The molecule has 166 valence electrons. The van der Waals surface area contributed by atoms with Crippen LogP contribution in [0.5, 0.6) is 0 Å². The van der Waals surface area contributed by atoms with E-state index in [0.717, 1.165) is 38.2 Å². The van der Waals surface area contributed by atoms with Crippen LogP contribution in [-0.2, 0) is 4.74 Å². The molecular weight excluding hydrogens is 397 g/mol. The van der Waals surface area contributed by atoms with Gasteiger partial charge in [0.05, 0.1) is 24.5 Å². The molecule has 2 aromatic rings. The number of anilines is 1. The van der Waals surface area contributed by atoms with E-state index in [4.69, 9.17) is 4.74 Å². The van der Waals surface area contributed by atoms with Crippen molar-refractivity contribution in [3.05, 3.63) is 53.2 Å². The molecule has 3 heterocycles. The smallest absolute Gasteiger partial charge is 0.271 e. The van der Waals surface area contributed by atoms with E-state index in [0.29, 0.717) is 24.7 Å². The lowest BCUT2D eigenvalue weighted by Crippen LogP contribution is -2.35. The van der Waals surface area contributed by atoms with Crippen LogP contribution < -0.4 is 10.6 Å². The first kappa shape index (κ1) is 21.6. The molecule has 1 aromatic heterocycles. The van der Waals surface area contributed by atoms with Gasteiger partial charge in [0.1, 0.15) is 17.3 Å². The highest BCUT2D eigenvalue weighted by molar-refractivity contribution is 5.92. The molecule has 31 heavy (non-hydrogen) atoms. The van der Waals surface area contributed by atoms with Crippen LogP contribution >= 0.6 is 0 Å². The maximum absolute atomic E-state index is 13.4. The Hall–Kier alpha value is -2.58. The molecule has 0 bridgehead atoms. The van der Waals surface area contributed by atoms with Crippen molar-refractivity contribution in [1.29, 1.82) is 0 Å². The number of carbonyl (C=O) groups excluding carboxylic acids is 1. The van der Waals surface area contributed by atoms with E-state index in [1.807, 2.05) is 6.92 Å². The van der Waals surface area contributed by atoms with Gasteiger partial charge in [0.15, 0.2) is 0 Å². The first-order valence-corrected chi connectivity index (χ1v) is 11.1. The zero-order valence-electron chi connectivity index (χ0n) is 17.9. The van der Waals surface area contributed by atoms with Crippen LogP contribution in [0.1, 0.15) is 53.8 Å². The average Bonchev–Trinajstić information content (AvgIpc) is 3.48. The number of nitrogens with one attached hydrogen (secondary N) is 2. The molecule has 1 aromatic carbocycles. The van der Waals surface area contributed by atoms with E-state index in [2.05, 4.69) is 25.5 Å². The normalized spacial score (nSPS) is 20.0. The lowest BCUT2D eigenvalue weighted by Gasteiger charge is -2.19. The fraction of sp³-hybridized carbons (Fsp3) is 0.522. The van der Waals surface area contributed by atoms with Gasteiger partial charge in [-0.2, -0.15) is 0 Å². The van der Waals surface area contributed by atoms with E-state index >= 15 is 0 Å². The van der Waals surface area contributed by atoms with Gasteiger partial charge < -0.3 is 20.3 Å². The third-order valence-electron chi connectivity index (χ3n) is 6.00. The van der Waals surface area contributed by atoms with Crippen molar-refractivity contribution in [3.63, 3.8) is 0 Å². The molecule has 2 aliphatic heterocycles. The van der Waals surface area contributed by atoms with Crippen molar-refractivity contribution in [2.24, 2.45) is 0 Å². The highest BCUT2D eigenvalue weighted by Gasteiger charge is 2.23. The summed E-state index contributed by atoms with van der Waals surface area (Å²) in [7, 11) is 0. The Morgan fingerprint density at radius 3 is 2.77 bits per heavy atom. The predicted octanol–water partition coefficient (Wildman–Crippen LogP) is 2.79. The zero-order chi connectivity index (χ0) is 21.6. The summed E-state index contributed by atoms with van der Waals surface area (Å²) in [5.41, 5.74) is 1.88. The average molecular weight is 428 g/mol. The molecule has 7 nitrogen and oxygen atoms in total. The number of nitrogens with zero attached hydrogens (tertiary/aromatic N) is 3. The molecule has 2 aliphatic rings. The highest BCUT2D eigenvalue weighted by atomic mass is 19.1. The minimum Gasteiger partial charge on any atom is -0.379 e. The fourth-order valence-electron chi connectivity index (χ4n) is 4.11. The van der Waals surface area contributed by atoms with Crippen LogP contribution in [0.15, 0.2) is 30.5 Å². The third-order valence-corrected chi connectivity index (χ3v) is 6.00. The molecule has 1 amide bonds. The Labute approximate surface area is 182 Å². The van der Waals surface area contributed by atoms with Gasteiger partial charge in [0.25, 0.3) is 5.91 Å². The van der Waals surface area contributed by atoms with Gasteiger partial charge >= 0.3 is 0 Å². The molecule has 2 atom stereocenters. The highest BCUT2D eigenvalue weighted by Crippen LogP contribution is 2.27. The molecule has 1 unspecified atom stereocenters. The fourth-order valence-corrected chi connectivity index (χ4v) is 4.11. The number of hydrogen-bond donors (Lipinski definition) is 2. The summed E-state index contributed by atoms with van der Waals surface area (Å²) >= 11 is 0. The summed E-state index contributed by atoms with van der Waals surface area (Å²) < 4.78 is 18.7. The summed E-state index contributed by atoms with van der Waals surface area (Å²) in [5, 5.41) is 6.37. The number of ether oxygens (including phenoxy) is 1. The molecule has 2 fully saturated rings. The number of carbonyl (C=O) groups is 1. The second-order valence-corrected chi connectivity index (χ2v) is 8.27. The van der Waals surface area contributed by atoms with Crippen LogP contribution in [0.3, 0.4) is 0 Å². The van der Waals surface area contributed by atoms with Crippen LogP contribution in [0, 0.1) is 5.82 Å². The monoisotopic (exact) mass is 427 g/mol. The lowest BCUT2D eigenvalue weighted by atomic mass is 9.97. The van der Waals surface area contributed by atoms with Gasteiger partial charge in [-0.3, -0.25) is 4.79 Å². The third kappa shape index (κ3) is 5.57. The molecular formula is C23H30FN5O2. The Kier molecular flexibility index (Phi) is 7.09. The molecule has 0 saturated carbocycles. The number of rotatable bonds is 8. The summed E-state index contributed by atoms with van der Waals surface area (Å²) in [5.74, 6) is -0.0150. The summed E-state index contributed by atoms with van der Waals surface area (Å²) in [6.45, 7) is 7.14. The Bertz CT molecular complexity index is 880. The maximum Gasteiger partial charge on any atom is 0.271 e. The number of aromatic nitrogens is 2. The van der Waals surface area contributed by atoms with Gasteiger partial charge in [-0.25, -0.2) is 14.4 Å². The predicted molar refractivity (Wildman–Crippen MR) is 117 cm³/mol. The molecule has 8 heteroatoms. The topological polar surface area (TPSA) is 79.4 Å². The van der Waals surface area contributed by atoms with E-state index in [-0.39, 0.29) is 29.4 Å². The SMILES string of the molecule is C[C@H](c1ccc(F)cc1)c1nc(C(=O)NC2CCOC2)cnc1NCCN1CCCC1. The Balaban J connectivity index is 1.53. The van der Waals surface area contributed by atoms with Crippen molar-refractivity contribution in [3.8, 4) is 0 Å². The van der Waals surface area contributed by atoms with Crippen LogP contribution in [-0.4, -0.2) is 66.2 Å². The van der Waals surface area contributed by atoms with Crippen molar-refractivity contribution in [1.82, 2.24) is 20.2 Å². The molecule has 2 saturated heterocycles. The van der Waals surface area contributed by atoms with Gasteiger partial charge in [-0.1, -0.05) is 19.1 Å². The van der Waals surface area contributed by atoms with Crippen LogP contribution in [0.2, 0.25) is 0 Å². The van der Waals surface area contributed by atoms with Crippen molar-refractivity contribution in [2.45, 2.75) is 38.1 Å². The van der Waals surface area contributed by atoms with E-state index in [1.165, 1.54) is 31.2 Å². The second kappa shape index (κ2) is 10.2. The lowest BCUT2D eigenvalue weighted by molar-refractivity contribution is 0.0924. The Morgan fingerprint density at radius 1 is 1.29 bits per heavy atom. The zero-order valence-corrected chi connectivity index (χ0v) is 17.9. The van der Waals surface area contributed by atoms with Crippen molar-refractivity contribution >= 4 is 11.7 Å². The van der Waals surface area contributed by atoms with Gasteiger partial charge in [0, 0.05) is 25.6 Å². The van der Waals surface area contributed by atoms with Crippen molar-refractivity contribution < 1.29 is 13.9 Å². The summed E-state index contributed by atoms with van der Waals surface area (Å²) in [4.78, 5) is 24.4. The molecule has 0 radical (unpaired) electrons. The number of halogens is 1. The molecule has 0 aliphatic carbocycles. The summed E-state index contributed by atoms with van der Waals surface area (Å²) in [6, 6.07) is 6.38. The van der Waals surface area contributed by atoms with Gasteiger partial charge in [-0.15, -0.1) is 0 Å². The standard InChI is InChI=1S/C23H30FN5O2/c1-16(17-4-6-18(24)7-5-17)21-22(25-9-12-29-10-2-3-11-29)26-14-20(28-21)23(30)27-19-8-13-31-15-19/h4-7,14,16,19H,2-3,8-13,15H2,1H3,(H,25,26)(H,27,30)/t16-,19?/m1/s1. The molecule has 4 rings (SSSR count). The Morgan fingerprint density at radius 2 is 2.06 bits per heavy atom. The van der Waals surface area contributed by atoms with E-state index in [9.17, 15) is 9.18 Å². The van der Waals surface area contributed by atoms with Crippen molar-refractivity contribution in [2.75, 3.05) is 44.7 Å². The minimum atomic E-state index is -0.280. The number of likely N-dealkylation sites (tertiary alicyclic amines) is 1. The number of hydrogen-bond acceptors (Lipinski definition) is 6. The second-order valence-electron chi connectivity index (χ2n) is 8.27. The maximum atomic E-state index is 13.4.